The molecule has 5 N–H and O–H groups in total. The Kier molecular flexibility index (Phi) is 10.8. The third-order valence-electron chi connectivity index (χ3n) is 11.8. The number of fused-ring (bicyclic) bond motifs is 1. The summed E-state index contributed by atoms with van der Waals surface area (Å²) in [6.45, 7) is 7.41. The molecule has 2 heterocycles. The number of likely N-dealkylation sites (tertiary alicyclic amines) is 1. The van der Waals surface area contributed by atoms with E-state index in [2.05, 4.69) is 34.8 Å². The predicted octanol–water partition coefficient (Wildman–Crippen LogP) is 4.08. The van der Waals surface area contributed by atoms with Crippen LogP contribution >= 0.6 is 0 Å². The number of hydrogen-bond donors (Lipinski definition) is 4. The number of aromatic nitrogens is 3. The lowest BCUT2D eigenvalue weighted by atomic mass is 9.67. The minimum Gasteiger partial charge on any atom is -0.384 e. The number of rotatable bonds is 11. The molecular formula is C40H53N7O6. The van der Waals surface area contributed by atoms with E-state index < -0.39 is 58.7 Å². The van der Waals surface area contributed by atoms with Crippen LogP contribution < -0.4 is 16.4 Å². The number of nitrogens with one attached hydrogen (secondary N) is 2. The Morgan fingerprint density at radius 2 is 1.66 bits per heavy atom. The summed E-state index contributed by atoms with van der Waals surface area (Å²) in [6, 6.07) is 10.6. The minimum absolute atomic E-state index is 0.0418. The monoisotopic (exact) mass is 727 g/mol. The van der Waals surface area contributed by atoms with Crippen LogP contribution in [0.2, 0.25) is 0 Å². The summed E-state index contributed by atoms with van der Waals surface area (Å²) < 4.78 is 1.55. The van der Waals surface area contributed by atoms with E-state index in [4.69, 9.17) is 5.73 Å². The molecule has 3 aromatic rings. The fraction of sp³-hybridized carbons (Fsp3) is 0.575. The van der Waals surface area contributed by atoms with Gasteiger partial charge in [0.15, 0.2) is 0 Å². The Morgan fingerprint density at radius 3 is 2.32 bits per heavy atom. The highest BCUT2D eigenvalue weighted by Crippen LogP contribution is 2.41. The third-order valence-corrected chi connectivity index (χ3v) is 11.8. The van der Waals surface area contributed by atoms with Crippen molar-refractivity contribution in [1.29, 1.82) is 0 Å². The zero-order valence-corrected chi connectivity index (χ0v) is 31.3. The first-order valence-electron chi connectivity index (χ1n) is 19.0. The van der Waals surface area contributed by atoms with Crippen molar-refractivity contribution in [2.24, 2.45) is 17.1 Å². The van der Waals surface area contributed by atoms with Crippen LogP contribution in [-0.2, 0) is 24.8 Å². The Morgan fingerprint density at radius 1 is 0.981 bits per heavy atom. The van der Waals surface area contributed by atoms with Crippen molar-refractivity contribution < 1.29 is 29.1 Å². The van der Waals surface area contributed by atoms with Crippen molar-refractivity contribution >= 4 is 40.2 Å². The SMILES string of the molecule is CC1(C)CCC(NC(=O)[C@@H]2C[C@H](n3nncc3C(C)(C)O)CN2C(=O)[C@@H](CC2CCCCC2)NC(=O)c2ccc3ccccc3c2)(C(=O)C(N)=O)CC1. The Balaban J connectivity index is 1.34. The number of nitrogens with two attached hydrogens (primary N) is 1. The molecule has 1 aliphatic heterocycles. The first-order valence-corrected chi connectivity index (χ1v) is 19.0. The zero-order chi connectivity index (χ0) is 38.1. The molecule has 1 saturated heterocycles. The molecule has 13 heteroatoms. The van der Waals surface area contributed by atoms with Crippen LogP contribution in [0.3, 0.4) is 0 Å². The highest BCUT2D eigenvalue weighted by Gasteiger charge is 2.51. The van der Waals surface area contributed by atoms with Crippen LogP contribution in [0.1, 0.15) is 120 Å². The Hall–Kier alpha value is -4.65. The summed E-state index contributed by atoms with van der Waals surface area (Å²) in [6.07, 6.45) is 8.68. The lowest BCUT2D eigenvalue weighted by Gasteiger charge is -2.43. The average Bonchev–Trinajstić information content (AvgIpc) is 3.81. The van der Waals surface area contributed by atoms with E-state index in [1.807, 2.05) is 30.3 Å². The standard InChI is InChI=1S/C40H53N7O6/c1-38(2)16-18-40(19-17-38,33(48)34(41)49)44-36(51)31-22-29(47-32(23-42-45-47)39(3,4)53)24-46(31)37(52)30(20-25-10-6-5-7-11-25)43-35(50)28-15-14-26-12-8-9-13-27(26)21-28/h8-9,12-15,21,23,25,29-31,53H,5-7,10-11,16-20,22,24H2,1-4H3,(H2,41,49)(H,43,50)(H,44,51)/t29-,30+,31-/m0/s1. The Labute approximate surface area is 310 Å². The molecule has 13 nitrogen and oxygen atoms in total. The van der Waals surface area contributed by atoms with Gasteiger partial charge in [-0.1, -0.05) is 81.5 Å². The number of nitrogens with zero attached hydrogens (tertiary/aromatic N) is 4. The van der Waals surface area contributed by atoms with E-state index >= 15 is 0 Å². The quantitative estimate of drug-likeness (QED) is 0.213. The maximum atomic E-state index is 14.9. The molecule has 3 atom stereocenters. The highest BCUT2D eigenvalue weighted by molar-refractivity contribution is 6.39. The highest BCUT2D eigenvalue weighted by atomic mass is 16.3. The molecule has 3 aliphatic rings. The normalized spacial score (nSPS) is 22.2. The first kappa shape index (κ1) is 38.1. The molecule has 1 aromatic heterocycles. The lowest BCUT2D eigenvalue weighted by Crippen LogP contribution is -2.63. The topological polar surface area (TPSA) is 190 Å². The van der Waals surface area contributed by atoms with Gasteiger partial charge in [-0.25, -0.2) is 4.68 Å². The van der Waals surface area contributed by atoms with Gasteiger partial charge >= 0.3 is 0 Å². The second kappa shape index (κ2) is 15.0. The van der Waals surface area contributed by atoms with E-state index in [0.29, 0.717) is 30.5 Å². The zero-order valence-electron chi connectivity index (χ0n) is 31.3. The predicted molar refractivity (Wildman–Crippen MR) is 198 cm³/mol. The summed E-state index contributed by atoms with van der Waals surface area (Å²) in [4.78, 5) is 70.5. The second-order valence-electron chi connectivity index (χ2n) is 16.8. The van der Waals surface area contributed by atoms with Crippen LogP contribution in [0.25, 0.3) is 10.8 Å². The van der Waals surface area contributed by atoms with Gasteiger partial charge < -0.3 is 26.4 Å². The fourth-order valence-corrected chi connectivity index (χ4v) is 8.50. The number of ketones is 1. The van der Waals surface area contributed by atoms with Gasteiger partial charge in [-0.05, 0) is 80.2 Å². The summed E-state index contributed by atoms with van der Waals surface area (Å²) in [5.41, 5.74) is 3.46. The molecule has 2 aromatic carbocycles. The number of amides is 4. The molecule has 3 fully saturated rings. The van der Waals surface area contributed by atoms with Crippen molar-refractivity contribution in [2.45, 2.75) is 128 Å². The molecule has 2 saturated carbocycles. The van der Waals surface area contributed by atoms with Gasteiger partial charge in [0.1, 0.15) is 23.2 Å². The molecule has 4 amide bonds. The van der Waals surface area contributed by atoms with Crippen LogP contribution in [0.4, 0.5) is 0 Å². The number of primary amides is 1. The van der Waals surface area contributed by atoms with Crippen molar-refractivity contribution in [1.82, 2.24) is 30.5 Å². The van der Waals surface area contributed by atoms with Gasteiger partial charge in [0.25, 0.3) is 11.8 Å². The third kappa shape index (κ3) is 8.30. The molecular weight excluding hydrogens is 674 g/mol. The molecule has 0 radical (unpaired) electrons. The van der Waals surface area contributed by atoms with Crippen molar-refractivity contribution in [3.05, 3.63) is 59.9 Å². The number of Topliss-reactive ketones (excluding diaryl/α,β-unsaturated/α-hetero) is 1. The number of carbonyl (C=O) groups excluding carboxylic acids is 5. The van der Waals surface area contributed by atoms with Crippen LogP contribution in [0.5, 0.6) is 0 Å². The first-order chi connectivity index (χ1) is 25.1. The van der Waals surface area contributed by atoms with Gasteiger partial charge in [0, 0.05) is 18.5 Å². The van der Waals surface area contributed by atoms with Crippen molar-refractivity contribution in [2.75, 3.05) is 6.54 Å². The van der Waals surface area contributed by atoms with Crippen LogP contribution in [0, 0.1) is 11.3 Å². The van der Waals surface area contributed by atoms with E-state index in [0.717, 1.165) is 42.9 Å². The van der Waals surface area contributed by atoms with Gasteiger partial charge in [-0.3, -0.25) is 24.0 Å². The average molecular weight is 728 g/mol. The number of carbonyl (C=O) groups is 5. The summed E-state index contributed by atoms with van der Waals surface area (Å²) in [7, 11) is 0. The van der Waals surface area contributed by atoms with Crippen molar-refractivity contribution in [3.63, 3.8) is 0 Å². The molecule has 53 heavy (non-hydrogen) atoms. The molecule has 0 unspecified atom stereocenters. The molecule has 0 bridgehead atoms. The Bertz CT molecular complexity index is 1860. The smallest absolute Gasteiger partial charge is 0.287 e. The van der Waals surface area contributed by atoms with E-state index in [1.165, 1.54) is 11.1 Å². The fourth-order valence-electron chi connectivity index (χ4n) is 8.50. The molecule has 2 aliphatic carbocycles. The summed E-state index contributed by atoms with van der Waals surface area (Å²) in [5, 5.41) is 27.1. The van der Waals surface area contributed by atoms with Crippen LogP contribution in [-0.4, -0.2) is 78.6 Å². The maximum absolute atomic E-state index is 14.9. The lowest BCUT2D eigenvalue weighted by molar-refractivity contribution is -0.146. The van der Waals surface area contributed by atoms with Gasteiger partial charge in [-0.2, -0.15) is 0 Å². The summed E-state index contributed by atoms with van der Waals surface area (Å²) >= 11 is 0. The second-order valence-corrected chi connectivity index (χ2v) is 16.8. The van der Waals surface area contributed by atoms with Gasteiger partial charge in [0.2, 0.25) is 17.6 Å². The van der Waals surface area contributed by atoms with Crippen molar-refractivity contribution in [3.8, 4) is 0 Å². The van der Waals surface area contributed by atoms with E-state index in [1.54, 1.807) is 30.7 Å². The summed E-state index contributed by atoms with van der Waals surface area (Å²) in [5.74, 6) is -3.16. The van der Waals surface area contributed by atoms with E-state index in [9.17, 15) is 29.1 Å². The molecule has 0 spiro atoms. The van der Waals surface area contributed by atoms with Gasteiger partial charge in [0.05, 0.1) is 17.9 Å². The molecule has 6 rings (SSSR count). The molecule has 284 valence electrons. The van der Waals surface area contributed by atoms with Crippen LogP contribution in [0.15, 0.2) is 48.7 Å². The minimum atomic E-state index is -1.50. The number of hydrogen-bond acceptors (Lipinski definition) is 8. The number of benzene rings is 2. The van der Waals surface area contributed by atoms with E-state index in [-0.39, 0.29) is 37.1 Å². The largest absolute Gasteiger partial charge is 0.384 e. The van der Waals surface area contributed by atoms with Gasteiger partial charge in [-0.15, -0.1) is 5.10 Å². The maximum Gasteiger partial charge on any atom is 0.287 e. The number of aliphatic hydroxyl groups is 1.